The maximum Gasteiger partial charge on any atom is 0.310 e. The van der Waals surface area contributed by atoms with Gasteiger partial charge in [0.25, 0.3) is 0 Å². The van der Waals surface area contributed by atoms with Crippen LogP contribution in [0.2, 0.25) is 0 Å². The second-order valence-electron chi connectivity index (χ2n) is 3.12. The molecule has 1 aromatic heterocycles. The molecule has 0 spiro atoms. The predicted molar refractivity (Wildman–Crippen MR) is 56.3 cm³/mol. The van der Waals surface area contributed by atoms with Crippen molar-refractivity contribution in [2.24, 2.45) is 0 Å². The molecule has 0 saturated heterocycles. The zero-order valence-corrected chi connectivity index (χ0v) is 9.09. The fourth-order valence-electron chi connectivity index (χ4n) is 1.08. The second kappa shape index (κ2) is 6.95. The highest BCUT2D eigenvalue weighted by atomic mass is 16.2. The summed E-state index contributed by atoms with van der Waals surface area (Å²) in [5, 5.41) is 20.2. The van der Waals surface area contributed by atoms with Crippen LogP contribution in [0.3, 0.4) is 0 Å². The third-order valence-corrected chi connectivity index (χ3v) is 1.86. The third-order valence-electron chi connectivity index (χ3n) is 1.86. The Hall–Kier alpha value is -2.43. The molecule has 0 aromatic carbocycles. The maximum absolute atomic E-state index is 11.1. The molecule has 90 valence electrons. The van der Waals surface area contributed by atoms with E-state index in [4.69, 9.17) is 5.26 Å². The SMILES string of the molecule is N#CCNC(=O)C(=O)NCCCn1ccnn1. The molecule has 0 aliphatic rings. The van der Waals surface area contributed by atoms with Gasteiger partial charge >= 0.3 is 11.8 Å². The van der Waals surface area contributed by atoms with Gasteiger partial charge in [0.2, 0.25) is 0 Å². The average molecular weight is 236 g/mol. The molecule has 0 radical (unpaired) electrons. The lowest BCUT2D eigenvalue weighted by atomic mass is 10.4. The van der Waals surface area contributed by atoms with E-state index in [1.54, 1.807) is 23.1 Å². The van der Waals surface area contributed by atoms with Crippen LogP contribution < -0.4 is 10.6 Å². The first-order valence-electron chi connectivity index (χ1n) is 5.01. The number of amides is 2. The van der Waals surface area contributed by atoms with Crippen molar-refractivity contribution in [1.29, 1.82) is 5.26 Å². The van der Waals surface area contributed by atoms with Gasteiger partial charge in [-0.15, -0.1) is 5.10 Å². The Morgan fingerprint density at radius 3 is 2.76 bits per heavy atom. The zero-order valence-electron chi connectivity index (χ0n) is 9.09. The van der Waals surface area contributed by atoms with Gasteiger partial charge in [-0.2, -0.15) is 5.26 Å². The summed E-state index contributed by atoms with van der Waals surface area (Å²) in [7, 11) is 0. The fourth-order valence-corrected chi connectivity index (χ4v) is 1.08. The van der Waals surface area contributed by atoms with Crippen LogP contribution in [0.5, 0.6) is 0 Å². The summed E-state index contributed by atoms with van der Waals surface area (Å²) < 4.78 is 1.63. The zero-order chi connectivity index (χ0) is 12.5. The van der Waals surface area contributed by atoms with Crippen LogP contribution in [-0.4, -0.2) is 39.9 Å². The van der Waals surface area contributed by atoms with Gasteiger partial charge in [0.05, 0.1) is 12.3 Å². The Bertz CT molecular complexity index is 408. The first kappa shape index (κ1) is 12.6. The van der Waals surface area contributed by atoms with Gasteiger partial charge in [-0.05, 0) is 6.42 Å². The summed E-state index contributed by atoms with van der Waals surface area (Å²) in [6.07, 6.45) is 3.91. The number of carbonyl (C=O) groups is 2. The molecule has 8 nitrogen and oxygen atoms in total. The quantitative estimate of drug-likeness (QED) is 0.364. The Morgan fingerprint density at radius 2 is 2.12 bits per heavy atom. The smallest absolute Gasteiger partial charge is 0.310 e. The molecule has 17 heavy (non-hydrogen) atoms. The summed E-state index contributed by atoms with van der Waals surface area (Å²) in [4.78, 5) is 22.2. The number of rotatable bonds is 5. The van der Waals surface area contributed by atoms with E-state index >= 15 is 0 Å². The molecule has 0 atom stereocenters. The van der Waals surface area contributed by atoms with Crippen molar-refractivity contribution in [1.82, 2.24) is 25.6 Å². The highest BCUT2D eigenvalue weighted by Crippen LogP contribution is 1.85. The largest absolute Gasteiger partial charge is 0.348 e. The molecule has 1 rings (SSSR count). The normalized spacial score (nSPS) is 9.35. The molecule has 2 amide bonds. The molecule has 0 saturated carbocycles. The molecule has 1 aromatic rings. The van der Waals surface area contributed by atoms with E-state index in [2.05, 4.69) is 20.9 Å². The molecule has 8 heteroatoms. The number of carbonyl (C=O) groups excluding carboxylic acids is 2. The van der Waals surface area contributed by atoms with Crippen molar-refractivity contribution in [3.63, 3.8) is 0 Å². The first-order valence-corrected chi connectivity index (χ1v) is 5.01. The topological polar surface area (TPSA) is 113 Å². The lowest BCUT2D eigenvalue weighted by Crippen LogP contribution is -2.40. The van der Waals surface area contributed by atoms with Gasteiger partial charge in [0.1, 0.15) is 6.54 Å². The number of hydrogen-bond donors (Lipinski definition) is 2. The highest BCUT2D eigenvalue weighted by molar-refractivity contribution is 6.35. The van der Waals surface area contributed by atoms with Crippen LogP contribution in [0.15, 0.2) is 12.4 Å². The number of aromatic nitrogens is 3. The number of aryl methyl sites for hydroxylation is 1. The monoisotopic (exact) mass is 236 g/mol. The van der Waals surface area contributed by atoms with Gasteiger partial charge in [0.15, 0.2) is 0 Å². The summed E-state index contributed by atoms with van der Waals surface area (Å²) >= 11 is 0. The molecule has 1 heterocycles. The van der Waals surface area contributed by atoms with E-state index in [9.17, 15) is 9.59 Å². The van der Waals surface area contributed by atoms with E-state index in [0.29, 0.717) is 19.5 Å². The summed E-state index contributed by atoms with van der Waals surface area (Å²) in [6.45, 7) is 0.796. The van der Waals surface area contributed by atoms with E-state index in [0.717, 1.165) is 0 Å². The van der Waals surface area contributed by atoms with Gasteiger partial charge in [0, 0.05) is 19.3 Å². The van der Waals surface area contributed by atoms with E-state index in [1.165, 1.54) is 0 Å². The van der Waals surface area contributed by atoms with Crippen LogP contribution >= 0.6 is 0 Å². The molecular formula is C9H12N6O2. The van der Waals surface area contributed by atoms with Crippen LogP contribution in [0.25, 0.3) is 0 Å². The van der Waals surface area contributed by atoms with Crippen molar-refractivity contribution in [2.45, 2.75) is 13.0 Å². The number of nitriles is 1. The lowest BCUT2D eigenvalue weighted by Gasteiger charge is -2.04. The van der Waals surface area contributed by atoms with E-state index in [1.807, 2.05) is 0 Å². The molecule has 0 unspecified atom stereocenters. The summed E-state index contributed by atoms with van der Waals surface area (Å²) in [5.74, 6) is -1.54. The Labute approximate surface area is 97.6 Å². The molecule has 0 aliphatic heterocycles. The van der Waals surface area contributed by atoms with E-state index in [-0.39, 0.29) is 6.54 Å². The maximum atomic E-state index is 11.1. The van der Waals surface area contributed by atoms with Crippen LogP contribution in [0.4, 0.5) is 0 Å². The van der Waals surface area contributed by atoms with Crippen molar-refractivity contribution in [2.75, 3.05) is 13.1 Å². The van der Waals surface area contributed by atoms with Crippen molar-refractivity contribution < 1.29 is 9.59 Å². The number of nitrogens with one attached hydrogen (secondary N) is 2. The number of nitrogens with zero attached hydrogens (tertiary/aromatic N) is 4. The van der Waals surface area contributed by atoms with E-state index < -0.39 is 11.8 Å². The molecular weight excluding hydrogens is 224 g/mol. The second-order valence-corrected chi connectivity index (χ2v) is 3.12. The van der Waals surface area contributed by atoms with Crippen molar-refractivity contribution in [3.05, 3.63) is 12.4 Å². The minimum absolute atomic E-state index is 0.175. The molecule has 0 bridgehead atoms. The lowest BCUT2D eigenvalue weighted by molar-refractivity contribution is -0.139. The van der Waals surface area contributed by atoms with Crippen molar-refractivity contribution >= 4 is 11.8 Å². The van der Waals surface area contributed by atoms with Gasteiger partial charge in [-0.25, -0.2) is 0 Å². The molecule has 0 aliphatic carbocycles. The summed E-state index contributed by atoms with van der Waals surface area (Å²) in [6, 6.07) is 1.71. The highest BCUT2D eigenvalue weighted by Gasteiger charge is 2.11. The van der Waals surface area contributed by atoms with Crippen LogP contribution in [-0.2, 0) is 16.1 Å². The Balaban J connectivity index is 2.12. The fraction of sp³-hybridized carbons (Fsp3) is 0.444. The van der Waals surface area contributed by atoms with Gasteiger partial charge < -0.3 is 10.6 Å². The third kappa shape index (κ3) is 4.74. The molecule has 0 fully saturated rings. The van der Waals surface area contributed by atoms with Crippen molar-refractivity contribution in [3.8, 4) is 6.07 Å². The predicted octanol–water partition coefficient (Wildman–Crippen LogP) is -1.58. The molecule has 2 N–H and O–H groups in total. The van der Waals surface area contributed by atoms with Gasteiger partial charge in [-0.3, -0.25) is 14.3 Å². The first-order chi connectivity index (χ1) is 8.24. The van der Waals surface area contributed by atoms with Crippen LogP contribution in [0.1, 0.15) is 6.42 Å². The van der Waals surface area contributed by atoms with Gasteiger partial charge in [-0.1, -0.05) is 5.21 Å². The minimum Gasteiger partial charge on any atom is -0.348 e. The minimum atomic E-state index is -0.799. The standard InChI is InChI=1S/C9H12N6O2/c10-2-4-12-9(17)8(16)11-3-1-6-15-7-5-13-14-15/h5,7H,1,3-4,6H2,(H,11,16)(H,12,17). The Kier molecular flexibility index (Phi) is 5.16. The van der Waals surface area contributed by atoms with Crippen LogP contribution in [0, 0.1) is 11.3 Å². The Morgan fingerprint density at radius 1 is 1.35 bits per heavy atom. The summed E-state index contributed by atoms with van der Waals surface area (Å²) in [5.41, 5.74) is 0. The average Bonchev–Trinajstić information content (AvgIpc) is 2.84. The number of hydrogen-bond acceptors (Lipinski definition) is 5.